The number of guanidine groups is 1. The Morgan fingerprint density at radius 3 is 2.75 bits per heavy atom. The van der Waals surface area contributed by atoms with Crippen LogP contribution in [0.25, 0.3) is 0 Å². The summed E-state index contributed by atoms with van der Waals surface area (Å²) in [5.74, 6) is 0.0376. The lowest BCUT2D eigenvalue weighted by Gasteiger charge is -2.39. The Balaban J connectivity index is 2.03. The molecule has 0 aromatic carbocycles. The molecule has 0 aliphatic carbocycles. The molecule has 11 heteroatoms. The van der Waals surface area contributed by atoms with Gasteiger partial charge in [-0.05, 0) is 32.9 Å². The van der Waals surface area contributed by atoms with Gasteiger partial charge in [0.15, 0.2) is 15.8 Å². The third-order valence-electron chi connectivity index (χ3n) is 4.35. The highest BCUT2D eigenvalue weighted by Crippen LogP contribution is 2.34. The van der Waals surface area contributed by atoms with Gasteiger partial charge in [0, 0.05) is 25.8 Å². The highest BCUT2D eigenvalue weighted by Gasteiger charge is 2.41. The lowest BCUT2D eigenvalue weighted by atomic mass is 10.2. The molecular weight excluding hydrogens is 397 g/mol. The molecule has 1 aromatic rings. The molecule has 0 bridgehead atoms. The fourth-order valence-corrected chi connectivity index (χ4v) is 4.13. The van der Waals surface area contributed by atoms with E-state index in [0.717, 1.165) is 6.07 Å². The first-order valence-electron chi connectivity index (χ1n) is 8.88. The number of aromatic nitrogens is 1. The van der Waals surface area contributed by atoms with Gasteiger partial charge in [0.05, 0.1) is 17.0 Å². The van der Waals surface area contributed by atoms with Gasteiger partial charge in [-0.25, -0.2) is 18.4 Å². The zero-order chi connectivity index (χ0) is 21.0. The van der Waals surface area contributed by atoms with Crippen molar-refractivity contribution in [2.75, 3.05) is 38.5 Å². The Kier molecular flexibility index (Phi) is 6.79. The summed E-state index contributed by atoms with van der Waals surface area (Å²) in [6.45, 7) is 6.37. The molecule has 0 saturated carbocycles. The molecule has 0 amide bonds. The third-order valence-corrected chi connectivity index (χ3v) is 6.88. The molecule has 0 radical (unpaired) electrons. The van der Waals surface area contributed by atoms with E-state index in [4.69, 9.17) is 4.74 Å². The molecule has 2 rings (SSSR count). The van der Waals surface area contributed by atoms with Crippen LogP contribution in [0.5, 0.6) is 5.88 Å². The summed E-state index contributed by atoms with van der Waals surface area (Å²) in [6, 6.07) is 2.11. The van der Waals surface area contributed by atoms with Crippen LogP contribution in [0.1, 0.15) is 26.3 Å². The first kappa shape index (κ1) is 22.3. The van der Waals surface area contributed by atoms with E-state index in [1.807, 2.05) is 11.8 Å². The molecule has 2 heterocycles. The highest BCUT2D eigenvalue weighted by atomic mass is 32.2. The number of hydrogen-bond donors (Lipinski definition) is 1. The molecule has 0 atom stereocenters. The van der Waals surface area contributed by atoms with Crippen molar-refractivity contribution in [1.29, 1.82) is 0 Å². The van der Waals surface area contributed by atoms with Crippen molar-refractivity contribution >= 4 is 15.8 Å². The first-order chi connectivity index (χ1) is 13.0. The van der Waals surface area contributed by atoms with Crippen molar-refractivity contribution < 1.29 is 26.3 Å². The maximum Gasteiger partial charge on any atom is 0.421 e. The quantitative estimate of drug-likeness (QED) is 0.444. The van der Waals surface area contributed by atoms with Gasteiger partial charge in [0.2, 0.25) is 5.88 Å². The number of sulfone groups is 1. The lowest BCUT2D eigenvalue weighted by Crippen LogP contribution is -2.57. The summed E-state index contributed by atoms with van der Waals surface area (Å²) in [5, 5.41) is 3.08. The van der Waals surface area contributed by atoms with Crippen LogP contribution in [-0.4, -0.2) is 67.5 Å². The molecule has 0 unspecified atom stereocenters. The number of hydrogen-bond acceptors (Lipinski definition) is 5. The first-order valence-corrected chi connectivity index (χ1v) is 10.5. The summed E-state index contributed by atoms with van der Waals surface area (Å²) in [6.07, 6.45) is -3.32. The summed E-state index contributed by atoms with van der Waals surface area (Å²) in [7, 11) is -3.19. The number of alkyl halides is 3. The summed E-state index contributed by atoms with van der Waals surface area (Å²) < 4.78 is 67.4. The van der Waals surface area contributed by atoms with Gasteiger partial charge in [-0.2, -0.15) is 13.2 Å². The molecule has 1 aliphatic heterocycles. The van der Waals surface area contributed by atoms with E-state index in [1.54, 1.807) is 13.8 Å². The molecule has 158 valence electrons. The number of pyridine rings is 1. The summed E-state index contributed by atoms with van der Waals surface area (Å²) in [5.41, 5.74) is -0.936. The van der Waals surface area contributed by atoms with Gasteiger partial charge >= 0.3 is 6.18 Å². The smallest absolute Gasteiger partial charge is 0.421 e. The normalized spacial score (nSPS) is 19.4. The Bertz CT molecular complexity index is 810. The molecule has 7 nitrogen and oxygen atoms in total. The number of ether oxygens (including phenoxy) is 1. The molecule has 1 aromatic heterocycles. The van der Waals surface area contributed by atoms with Gasteiger partial charge in [0.25, 0.3) is 0 Å². The molecule has 1 saturated heterocycles. The third kappa shape index (κ3) is 5.27. The standard InChI is InChI=1S/C17H25F3N4O3S/c1-4-21-15(24-9-11-28(25,26)16(2,3)12-24)23-8-10-27-14-13(17(18,19)20)6-5-7-22-14/h5-7H,4,8-12H2,1-3H3,(H,21,23). The highest BCUT2D eigenvalue weighted by molar-refractivity contribution is 7.92. The van der Waals surface area contributed by atoms with E-state index in [2.05, 4.69) is 15.3 Å². The average molecular weight is 422 g/mol. The fourth-order valence-electron chi connectivity index (χ4n) is 2.77. The largest absolute Gasteiger partial charge is 0.475 e. The van der Waals surface area contributed by atoms with Crippen LogP contribution in [0.15, 0.2) is 23.3 Å². The van der Waals surface area contributed by atoms with Crippen LogP contribution in [0.2, 0.25) is 0 Å². The van der Waals surface area contributed by atoms with E-state index < -0.39 is 32.2 Å². The van der Waals surface area contributed by atoms with Gasteiger partial charge in [0.1, 0.15) is 12.2 Å². The topological polar surface area (TPSA) is 83.9 Å². The Labute approximate surface area is 162 Å². The second-order valence-corrected chi connectivity index (χ2v) is 9.68. The van der Waals surface area contributed by atoms with Crippen molar-refractivity contribution in [3.63, 3.8) is 0 Å². The number of aliphatic imine (C=N–C) groups is 1. The summed E-state index contributed by atoms with van der Waals surface area (Å²) in [4.78, 5) is 9.84. The molecule has 1 aliphatic rings. The number of halogens is 3. The van der Waals surface area contributed by atoms with Crippen LogP contribution in [-0.2, 0) is 16.0 Å². The average Bonchev–Trinajstić information content (AvgIpc) is 2.59. The molecule has 28 heavy (non-hydrogen) atoms. The minimum absolute atomic E-state index is 0.0177. The zero-order valence-corrected chi connectivity index (χ0v) is 16.9. The predicted molar refractivity (Wildman–Crippen MR) is 100 cm³/mol. The monoisotopic (exact) mass is 422 g/mol. The second kappa shape index (κ2) is 8.54. The SMILES string of the molecule is CCNC(=NCCOc1ncccc1C(F)(F)F)N1CCS(=O)(=O)C(C)(C)C1. The zero-order valence-electron chi connectivity index (χ0n) is 16.1. The molecule has 0 spiro atoms. The summed E-state index contributed by atoms with van der Waals surface area (Å²) >= 11 is 0. The van der Waals surface area contributed by atoms with Crippen LogP contribution < -0.4 is 10.1 Å². The van der Waals surface area contributed by atoms with Crippen molar-refractivity contribution in [3.8, 4) is 5.88 Å². The Morgan fingerprint density at radius 1 is 1.43 bits per heavy atom. The fraction of sp³-hybridized carbons (Fsp3) is 0.647. The van der Waals surface area contributed by atoms with E-state index in [0.29, 0.717) is 19.0 Å². The van der Waals surface area contributed by atoms with Gasteiger partial charge < -0.3 is 15.0 Å². The maximum atomic E-state index is 13.0. The number of nitrogens with zero attached hydrogens (tertiary/aromatic N) is 3. The predicted octanol–water partition coefficient (Wildman–Crippen LogP) is 1.95. The van der Waals surface area contributed by atoms with E-state index in [-0.39, 0.29) is 25.4 Å². The van der Waals surface area contributed by atoms with Crippen LogP contribution in [0, 0.1) is 0 Å². The van der Waals surface area contributed by atoms with Crippen molar-refractivity contribution in [1.82, 2.24) is 15.2 Å². The van der Waals surface area contributed by atoms with E-state index in [9.17, 15) is 21.6 Å². The van der Waals surface area contributed by atoms with Gasteiger partial charge in [-0.1, -0.05) is 0 Å². The van der Waals surface area contributed by atoms with Gasteiger partial charge in [-0.15, -0.1) is 0 Å². The van der Waals surface area contributed by atoms with Crippen molar-refractivity contribution in [3.05, 3.63) is 23.9 Å². The molecular formula is C17H25F3N4O3S. The minimum atomic E-state index is -4.55. The van der Waals surface area contributed by atoms with Crippen LogP contribution in [0.3, 0.4) is 0 Å². The van der Waals surface area contributed by atoms with Gasteiger partial charge in [-0.3, -0.25) is 0 Å². The number of rotatable bonds is 5. The maximum absolute atomic E-state index is 13.0. The number of nitrogens with one attached hydrogen (secondary N) is 1. The minimum Gasteiger partial charge on any atom is -0.475 e. The lowest BCUT2D eigenvalue weighted by molar-refractivity contribution is -0.139. The van der Waals surface area contributed by atoms with Crippen LogP contribution >= 0.6 is 0 Å². The van der Waals surface area contributed by atoms with Crippen molar-refractivity contribution in [2.45, 2.75) is 31.7 Å². The molecule has 1 N–H and O–H groups in total. The van der Waals surface area contributed by atoms with Crippen LogP contribution in [0.4, 0.5) is 13.2 Å². The van der Waals surface area contributed by atoms with Crippen molar-refractivity contribution in [2.24, 2.45) is 4.99 Å². The molecule has 1 fully saturated rings. The van der Waals surface area contributed by atoms with E-state index in [1.165, 1.54) is 12.3 Å². The second-order valence-electron chi connectivity index (χ2n) is 6.94. The Morgan fingerprint density at radius 2 is 2.14 bits per heavy atom. The van der Waals surface area contributed by atoms with E-state index >= 15 is 0 Å². The Hall–Kier alpha value is -2.04.